The lowest BCUT2D eigenvalue weighted by Crippen LogP contribution is -2.11. The number of nitrogens with zero attached hydrogens (tertiary/aromatic N) is 4. The lowest BCUT2D eigenvalue weighted by atomic mass is 10.1. The van der Waals surface area contributed by atoms with E-state index < -0.39 is 5.25 Å². The summed E-state index contributed by atoms with van der Waals surface area (Å²) in [6, 6.07) is 13.4. The van der Waals surface area contributed by atoms with Crippen molar-refractivity contribution >= 4 is 11.8 Å². The van der Waals surface area contributed by atoms with Crippen LogP contribution in [0.4, 0.5) is 0 Å². The van der Waals surface area contributed by atoms with Gasteiger partial charge in [0.15, 0.2) is 16.7 Å². The maximum Gasteiger partial charge on any atom is 0.220 e. The number of methoxy groups -OCH3 is 1. The van der Waals surface area contributed by atoms with Gasteiger partial charge in [0, 0.05) is 10.6 Å². The lowest BCUT2D eigenvalue weighted by molar-refractivity contribution is -0.479. The van der Waals surface area contributed by atoms with Crippen molar-refractivity contribution in [3.8, 4) is 17.2 Å². The number of hydrogen-bond acceptors (Lipinski definition) is 7. The summed E-state index contributed by atoms with van der Waals surface area (Å²) >= 11 is 1.31. The van der Waals surface area contributed by atoms with E-state index in [0.29, 0.717) is 29.1 Å². The second-order valence-corrected chi connectivity index (χ2v) is 7.84. The van der Waals surface area contributed by atoms with Crippen LogP contribution in [0.5, 0.6) is 11.5 Å². The number of rotatable bonds is 9. The zero-order chi connectivity index (χ0) is 21.7. The van der Waals surface area contributed by atoms with E-state index in [2.05, 4.69) is 10.2 Å². The third kappa shape index (κ3) is 4.91. The molecule has 0 aliphatic carbocycles. The molecule has 0 fully saturated rings. The van der Waals surface area contributed by atoms with E-state index in [9.17, 15) is 10.1 Å². The van der Waals surface area contributed by atoms with Gasteiger partial charge in [0.05, 0.1) is 13.7 Å². The number of thioether (sulfide) groups is 1. The fourth-order valence-electron chi connectivity index (χ4n) is 3.12. The highest BCUT2D eigenvalue weighted by molar-refractivity contribution is 7.99. The molecule has 30 heavy (non-hydrogen) atoms. The first-order valence-electron chi connectivity index (χ1n) is 9.51. The van der Waals surface area contributed by atoms with Crippen molar-refractivity contribution in [2.24, 2.45) is 0 Å². The molecule has 3 rings (SSSR count). The van der Waals surface area contributed by atoms with E-state index in [-0.39, 0.29) is 11.5 Å². The zero-order valence-corrected chi connectivity index (χ0v) is 18.2. The fraction of sp³-hybridized carbons (Fsp3) is 0.333. The van der Waals surface area contributed by atoms with E-state index in [1.807, 2.05) is 55.7 Å². The van der Waals surface area contributed by atoms with Crippen LogP contribution >= 0.6 is 11.8 Å². The number of aromatic nitrogens is 3. The highest BCUT2D eigenvalue weighted by Gasteiger charge is 2.25. The molecule has 2 aromatic carbocycles. The van der Waals surface area contributed by atoms with Crippen LogP contribution in [0, 0.1) is 24.0 Å². The number of nitro groups is 1. The number of benzene rings is 2. The van der Waals surface area contributed by atoms with E-state index in [1.54, 1.807) is 19.2 Å². The summed E-state index contributed by atoms with van der Waals surface area (Å²) in [4.78, 5) is 11.1. The molecule has 0 unspecified atom stereocenters. The fourth-order valence-corrected chi connectivity index (χ4v) is 4.28. The average molecular weight is 429 g/mol. The first-order valence-corrected chi connectivity index (χ1v) is 10.4. The van der Waals surface area contributed by atoms with Gasteiger partial charge in [-0.3, -0.25) is 14.7 Å². The summed E-state index contributed by atoms with van der Waals surface area (Å²) in [5, 5.41) is 20.0. The maximum atomic E-state index is 11.4. The summed E-state index contributed by atoms with van der Waals surface area (Å²) in [6.07, 6.45) is 0. The molecule has 0 amide bonds. The van der Waals surface area contributed by atoms with Gasteiger partial charge in [0.25, 0.3) is 0 Å². The Bertz CT molecular complexity index is 1040. The standard InChI is InChI=1S/C21H24N4O4S/c1-5-29-18-10-9-16(12-19(18)28-4)20(13-24(26)27)30-21-23-22-15(3)25(21)17-8-6-7-14(2)11-17/h6-12,20H,5,13H2,1-4H3/t20-/m1/s1. The Balaban J connectivity index is 1.98. The molecule has 158 valence electrons. The molecule has 0 radical (unpaired) electrons. The van der Waals surface area contributed by atoms with Gasteiger partial charge in [-0.1, -0.05) is 30.0 Å². The first kappa shape index (κ1) is 21.6. The minimum Gasteiger partial charge on any atom is -0.493 e. The van der Waals surface area contributed by atoms with Crippen LogP contribution in [0.15, 0.2) is 47.6 Å². The van der Waals surface area contributed by atoms with Crippen LogP contribution in [0.2, 0.25) is 0 Å². The largest absolute Gasteiger partial charge is 0.493 e. The number of hydrogen-bond donors (Lipinski definition) is 0. The molecule has 0 aliphatic heterocycles. The van der Waals surface area contributed by atoms with Crippen LogP contribution in [-0.2, 0) is 0 Å². The summed E-state index contributed by atoms with van der Waals surface area (Å²) in [7, 11) is 1.55. The summed E-state index contributed by atoms with van der Waals surface area (Å²) < 4.78 is 12.9. The molecule has 0 N–H and O–H groups in total. The molecule has 3 aromatic rings. The Morgan fingerprint density at radius 1 is 1.17 bits per heavy atom. The summed E-state index contributed by atoms with van der Waals surface area (Å²) in [5.41, 5.74) is 2.78. The average Bonchev–Trinajstić information content (AvgIpc) is 3.07. The predicted molar refractivity (Wildman–Crippen MR) is 115 cm³/mol. The van der Waals surface area contributed by atoms with Crippen molar-refractivity contribution in [3.05, 3.63) is 69.5 Å². The van der Waals surface area contributed by atoms with Gasteiger partial charge in [-0.05, 0) is 56.2 Å². The van der Waals surface area contributed by atoms with Crippen LogP contribution in [0.3, 0.4) is 0 Å². The van der Waals surface area contributed by atoms with Gasteiger partial charge < -0.3 is 9.47 Å². The highest BCUT2D eigenvalue weighted by Crippen LogP contribution is 2.39. The molecule has 0 bridgehead atoms. The van der Waals surface area contributed by atoms with Gasteiger partial charge in [-0.15, -0.1) is 10.2 Å². The Labute approximate surface area is 179 Å². The molecule has 1 aromatic heterocycles. The van der Waals surface area contributed by atoms with Crippen LogP contribution in [0.25, 0.3) is 5.69 Å². The van der Waals surface area contributed by atoms with E-state index in [1.165, 1.54) is 11.8 Å². The predicted octanol–water partition coefficient (Wildman–Crippen LogP) is 4.40. The highest BCUT2D eigenvalue weighted by atomic mass is 32.2. The Morgan fingerprint density at radius 2 is 1.97 bits per heavy atom. The number of aryl methyl sites for hydroxylation is 2. The Morgan fingerprint density at radius 3 is 2.63 bits per heavy atom. The topological polar surface area (TPSA) is 92.3 Å². The zero-order valence-electron chi connectivity index (χ0n) is 17.4. The molecule has 1 heterocycles. The van der Waals surface area contributed by atoms with Crippen LogP contribution in [-0.4, -0.2) is 39.9 Å². The lowest BCUT2D eigenvalue weighted by Gasteiger charge is -2.16. The Kier molecular flexibility index (Phi) is 6.94. The van der Waals surface area contributed by atoms with Gasteiger partial charge in [-0.25, -0.2) is 0 Å². The van der Waals surface area contributed by atoms with Gasteiger partial charge in [0.1, 0.15) is 11.1 Å². The second-order valence-electron chi connectivity index (χ2n) is 6.67. The third-order valence-electron chi connectivity index (χ3n) is 4.48. The molecular formula is C21H24N4O4S. The van der Waals surface area contributed by atoms with Crippen molar-refractivity contribution in [1.82, 2.24) is 14.8 Å². The molecule has 9 heteroatoms. The minimum atomic E-state index is -0.475. The van der Waals surface area contributed by atoms with Crippen molar-refractivity contribution in [2.45, 2.75) is 31.2 Å². The third-order valence-corrected chi connectivity index (χ3v) is 5.66. The maximum absolute atomic E-state index is 11.4. The smallest absolute Gasteiger partial charge is 0.220 e. The molecular weight excluding hydrogens is 404 g/mol. The molecule has 0 spiro atoms. The quantitative estimate of drug-likeness (QED) is 0.283. The number of ether oxygens (including phenoxy) is 2. The SMILES string of the molecule is CCOc1ccc([C@@H](C[N+](=O)[O-])Sc2nnc(C)n2-c2cccc(C)c2)cc1OC. The van der Waals surface area contributed by atoms with E-state index in [4.69, 9.17) is 9.47 Å². The molecule has 1 atom stereocenters. The Hall–Kier alpha value is -3.07. The monoisotopic (exact) mass is 428 g/mol. The first-order chi connectivity index (χ1) is 14.4. The molecule has 0 aliphatic rings. The molecule has 8 nitrogen and oxygen atoms in total. The van der Waals surface area contributed by atoms with Crippen LogP contribution in [0.1, 0.15) is 29.1 Å². The van der Waals surface area contributed by atoms with Crippen molar-refractivity contribution in [2.75, 3.05) is 20.3 Å². The second kappa shape index (κ2) is 9.62. The molecule has 0 saturated carbocycles. The van der Waals surface area contributed by atoms with E-state index in [0.717, 1.165) is 16.8 Å². The van der Waals surface area contributed by atoms with E-state index >= 15 is 0 Å². The normalized spacial score (nSPS) is 11.9. The van der Waals surface area contributed by atoms with Crippen molar-refractivity contribution in [1.29, 1.82) is 0 Å². The summed E-state index contributed by atoms with van der Waals surface area (Å²) in [5.74, 6) is 1.86. The van der Waals surface area contributed by atoms with Gasteiger partial charge in [-0.2, -0.15) is 0 Å². The van der Waals surface area contributed by atoms with Crippen LogP contribution < -0.4 is 9.47 Å². The van der Waals surface area contributed by atoms with Gasteiger partial charge >= 0.3 is 0 Å². The van der Waals surface area contributed by atoms with Crippen molar-refractivity contribution in [3.63, 3.8) is 0 Å². The van der Waals surface area contributed by atoms with Crippen molar-refractivity contribution < 1.29 is 14.4 Å². The minimum absolute atomic E-state index is 0.262. The summed E-state index contributed by atoms with van der Waals surface area (Å²) in [6.45, 7) is 6.00. The van der Waals surface area contributed by atoms with Gasteiger partial charge in [0.2, 0.25) is 6.54 Å². The molecule has 0 saturated heterocycles.